The van der Waals surface area contributed by atoms with Gasteiger partial charge < -0.3 is 24.2 Å². The number of aliphatic hydroxyl groups is 1. The number of nitrogens with zero attached hydrogens (tertiary/aromatic N) is 4. The molecule has 9 heteroatoms. The molecule has 0 fully saturated rings. The van der Waals surface area contributed by atoms with Crippen LogP contribution in [0.1, 0.15) is 11.1 Å². The van der Waals surface area contributed by atoms with Gasteiger partial charge in [0.05, 0.1) is 11.9 Å². The monoisotopic (exact) mass is 431 g/mol. The van der Waals surface area contributed by atoms with Crippen LogP contribution < -0.4 is 9.47 Å². The summed E-state index contributed by atoms with van der Waals surface area (Å²) in [6.07, 6.45) is 6.77. The number of benzene rings is 1. The lowest BCUT2D eigenvalue weighted by molar-refractivity contribution is 0.0348. The van der Waals surface area contributed by atoms with Crippen molar-refractivity contribution in [3.8, 4) is 22.8 Å². The predicted octanol–water partition coefficient (Wildman–Crippen LogP) is 2.22. The summed E-state index contributed by atoms with van der Waals surface area (Å²) in [5, 5.41) is 17.5. The Morgan fingerprint density at radius 3 is 3.12 bits per heavy atom. The molecule has 162 valence electrons. The third kappa shape index (κ3) is 3.36. The SMILES string of the molecule is OC1N=C(OCC2COc3ncccc3O2)C=C2c3ccc(-c4cn[nH]c4)cc3CCN21. The van der Waals surface area contributed by atoms with Gasteiger partial charge in [0.25, 0.3) is 5.88 Å². The molecule has 0 saturated carbocycles. The van der Waals surface area contributed by atoms with E-state index in [0.29, 0.717) is 30.7 Å². The number of fused-ring (bicyclic) bond motifs is 4. The summed E-state index contributed by atoms with van der Waals surface area (Å²) in [6, 6.07) is 9.92. The Labute approximate surface area is 184 Å². The van der Waals surface area contributed by atoms with E-state index in [9.17, 15) is 5.11 Å². The highest BCUT2D eigenvalue weighted by Gasteiger charge is 2.30. The van der Waals surface area contributed by atoms with Gasteiger partial charge in [0, 0.05) is 36.1 Å². The molecule has 3 aromatic rings. The quantitative estimate of drug-likeness (QED) is 0.655. The van der Waals surface area contributed by atoms with E-state index in [0.717, 1.165) is 28.8 Å². The standard InChI is InChI=1S/C23H21N5O4/c29-23-27-21(30-12-17-13-31-22-20(32-17)2-1-6-24-22)9-19-18-4-3-14(16-10-25-26-11-16)8-15(18)5-7-28(19)23/h1-4,6,8-11,17,23,29H,5,7,12-13H2,(H,25,26). The summed E-state index contributed by atoms with van der Waals surface area (Å²) in [6.45, 7) is 1.26. The first kappa shape index (κ1) is 18.9. The van der Waals surface area contributed by atoms with Crippen molar-refractivity contribution in [3.05, 3.63) is 66.1 Å². The minimum absolute atomic E-state index is 0.246. The van der Waals surface area contributed by atoms with Gasteiger partial charge in [-0.2, -0.15) is 10.1 Å². The molecule has 3 aliphatic heterocycles. The minimum Gasteiger partial charge on any atom is -0.478 e. The lowest BCUT2D eigenvalue weighted by atomic mass is 9.92. The summed E-state index contributed by atoms with van der Waals surface area (Å²) in [4.78, 5) is 10.3. The number of hydrogen-bond acceptors (Lipinski definition) is 8. The molecule has 6 rings (SSSR count). The average molecular weight is 431 g/mol. The second-order valence-electron chi connectivity index (χ2n) is 7.81. The Morgan fingerprint density at radius 1 is 1.25 bits per heavy atom. The van der Waals surface area contributed by atoms with Crippen LogP contribution in [0.4, 0.5) is 0 Å². The van der Waals surface area contributed by atoms with E-state index in [1.54, 1.807) is 12.3 Å². The molecule has 0 radical (unpaired) electrons. The number of pyridine rings is 1. The van der Waals surface area contributed by atoms with E-state index in [1.165, 1.54) is 5.56 Å². The predicted molar refractivity (Wildman–Crippen MR) is 116 cm³/mol. The summed E-state index contributed by atoms with van der Waals surface area (Å²) < 4.78 is 17.4. The summed E-state index contributed by atoms with van der Waals surface area (Å²) in [5.41, 5.74) is 5.34. The number of aromatic amines is 1. The number of aromatic nitrogens is 3. The highest BCUT2D eigenvalue weighted by atomic mass is 16.6. The largest absolute Gasteiger partial charge is 0.478 e. The van der Waals surface area contributed by atoms with Crippen molar-refractivity contribution >= 4 is 11.6 Å². The molecule has 0 spiro atoms. The third-order valence-corrected chi connectivity index (χ3v) is 5.78. The van der Waals surface area contributed by atoms with E-state index in [-0.39, 0.29) is 12.7 Å². The number of rotatable bonds is 3. The Hall–Kier alpha value is -3.85. The Bertz CT molecular complexity index is 1210. The molecular weight excluding hydrogens is 410 g/mol. The first-order valence-corrected chi connectivity index (χ1v) is 10.5. The first-order valence-electron chi connectivity index (χ1n) is 10.5. The van der Waals surface area contributed by atoms with Crippen LogP contribution in [-0.2, 0) is 11.2 Å². The second-order valence-corrected chi connectivity index (χ2v) is 7.81. The summed E-state index contributed by atoms with van der Waals surface area (Å²) in [5.74, 6) is 1.45. The molecule has 0 amide bonds. The molecule has 0 aliphatic carbocycles. The van der Waals surface area contributed by atoms with Gasteiger partial charge in [-0.15, -0.1) is 0 Å². The van der Waals surface area contributed by atoms with E-state index >= 15 is 0 Å². The number of aliphatic imine (C=N–C) groups is 1. The van der Waals surface area contributed by atoms with Gasteiger partial charge in [0.1, 0.15) is 13.2 Å². The number of nitrogens with one attached hydrogen (secondary N) is 1. The maximum absolute atomic E-state index is 10.6. The van der Waals surface area contributed by atoms with E-state index in [1.807, 2.05) is 29.4 Å². The zero-order valence-corrected chi connectivity index (χ0v) is 17.1. The average Bonchev–Trinajstić information content (AvgIpc) is 3.37. The first-order chi connectivity index (χ1) is 15.7. The molecule has 5 heterocycles. The van der Waals surface area contributed by atoms with Crippen LogP contribution in [0.5, 0.6) is 11.6 Å². The van der Waals surface area contributed by atoms with Crippen molar-refractivity contribution in [1.29, 1.82) is 0 Å². The maximum Gasteiger partial charge on any atom is 0.257 e. The van der Waals surface area contributed by atoms with Crippen molar-refractivity contribution in [2.24, 2.45) is 4.99 Å². The topological polar surface area (TPSA) is 105 Å². The van der Waals surface area contributed by atoms with Gasteiger partial charge >= 0.3 is 0 Å². The molecular formula is C23H21N5O4. The third-order valence-electron chi connectivity index (χ3n) is 5.78. The fourth-order valence-electron chi connectivity index (χ4n) is 4.19. The zero-order valence-electron chi connectivity index (χ0n) is 17.1. The molecule has 9 nitrogen and oxygen atoms in total. The van der Waals surface area contributed by atoms with Gasteiger partial charge in [-0.05, 0) is 29.7 Å². The Kier molecular flexibility index (Phi) is 4.53. The Morgan fingerprint density at radius 2 is 2.22 bits per heavy atom. The van der Waals surface area contributed by atoms with Gasteiger partial charge in [-0.3, -0.25) is 5.10 Å². The fraction of sp³-hybridized carbons (Fsp3) is 0.261. The molecule has 2 aromatic heterocycles. The summed E-state index contributed by atoms with van der Waals surface area (Å²) >= 11 is 0. The Balaban J connectivity index is 1.21. The van der Waals surface area contributed by atoms with E-state index < -0.39 is 6.35 Å². The molecule has 0 bridgehead atoms. The number of ether oxygens (including phenoxy) is 3. The smallest absolute Gasteiger partial charge is 0.257 e. The van der Waals surface area contributed by atoms with Crippen LogP contribution in [0.15, 0.2) is 60.0 Å². The molecule has 32 heavy (non-hydrogen) atoms. The summed E-state index contributed by atoms with van der Waals surface area (Å²) in [7, 11) is 0. The van der Waals surface area contributed by atoms with Crippen LogP contribution in [0, 0.1) is 0 Å². The molecule has 1 aromatic carbocycles. The normalized spacial score (nSPS) is 21.2. The van der Waals surface area contributed by atoms with Crippen molar-refractivity contribution in [3.63, 3.8) is 0 Å². The van der Waals surface area contributed by atoms with Crippen molar-refractivity contribution in [2.75, 3.05) is 19.8 Å². The van der Waals surface area contributed by atoms with E-state index in [4.69, 9.17) is 14.2 Å². The van der Waals surface area contributed by atoms with Crippen LogP contribution >= 0.6 is 0 Å². The highest BCUT2D eigenvalue weighted by molar-refractivity contribution is 5.97. The molecule has 3 aliphatic rings. The van der Waals surface area contributed by atoms with Crippen molar-refractivity contribution in [2.45, 2.75) is 18.9 Å². The molecule has 2 N–H and O–H groups in total. The van der Waals surface area contributed by atoms with Gasteiger partial charge in [0.2, 0.25) is 12.2 Å². The maximum atomic E-state index is 10.6. The lowest BCUT2D eigenvalue weighted by Gasteiger charge is -2.37. The number of aliphatic hydroxyl groups excluding tert-OH is 1. The molecule has 2 atom stereocenters. The van der Waals surface area contributed by atoms with Crippen LogP contribution in [0.25, 0.3) is 16.8 Å². The van der Waals surface area contributed by atoms with Gasteiger partial charge in [-0.25, -0.2) is 4.98 Å². The van der Waals surface area contributed by atoms with E-state index in [2.05, 4.69) is 38.4 Å². The lowest BCUT2D eigenvalue weighted by Crippen LogP contribution is -2.41. The van der Waals surface area contributed by atoms with Gasteiger partial charge in [-0.1, -0.05) is 18.2 Å². The van der Waals surface area contributed by atoms with Crippen molar-refractivity contribution < 1.29 is 19.3 Å². The van der Waals surface area contributed by atoms with Crippen LogP contribution in [-0.4, -0.2) is 63.3 Å². The van der Waals surface area contributed by atoms with Crippen LogP contribution in [0.2, 0.25) is 0 Å². The fourth-order valence-corrected chi connectivity index (χ4v) is 4.19. The van der Waals surface area contributed by atoms with Crippen molar-refractivity contribution in [1.82, 2.24) is 20.1 Å². The van der Waals surface area contributed by atoms with Crippen LogP contribution in [0.3, 0.4) is 0 Å². The molecule has 2 unspecified atom stereocenters. The van der Waals surface area contributed by atoms with Gasteiger partial charge in [0.15, 0.2) is 11.9 Å². The number of H-pyrrole nitrogens is 1. The second kappa shape index (κ2) is 7.69. The minimum atomic E-state index is -0.986. The number of hydrogen-bond donors (Lipinski definition) is 2. The zero-order chi connectivity index (χ0) is 21.5. The highest BCUT2D eigenvalue weighted by Crippen LogP contribution is 2.35. The molecule has 0 saturated heterocycles.